The molecule has 7 heteroatoms. The molecule has 0 aliphatic heterocycles. The molecule has 0 saturated heterocycles. The zero-order valence-electron chi connectivity index (χ0n) is 15.1. The van der Waals surface area contributed by atoms with Gasteiger partial charge in [0.05, 0.1) is 17.6 Å². The van der Waals surface area contributed by atoms with Crippen LogP contribution in [0.1, 0.15) is 6.92 Å². The first-order valence-electron chi connectivity index (χ1n) is 8.43. The van der Waals surface area contributed by atoms with E-state index in [2.05, 4.69) is 4.98 Å². The van der Waals surface area contributed by atoms with Gasteiger partial charge < -0.3 is 5.73 Å². The van der Waals surface area contributed by atoms with Crippen LogP contribution < -0.4 is 5.73 Å². The Hall–Kier alpha value is -3.01. The number of rotatable bonds is 6. The maximum atomic E-state index is 12.3. The highest BCUT2D eigenvalue weighted by Crippen LogP contribution is 2.31. The van der Waals surface area contributed by atoms with Crippen molar-refractivity contribution >= 4 is 29.1 Å². The number of thioether (sulfide) groups is 1. The van der Waals surface area contributed by atoms with Crippen LogP contribution in [-0.2, 0) is 4.79 Å². The Balaban J connectivity index is 2.01. The van der Waals surface area contributed by atoms with Gasteiger partial charge in [0.1, 0.15) is 11.6 Å². The molecule has 0 unspecified atom stereocenters. The van der Waals surface area contributed by atoms with Crippen molar-refractivity contribution in [2.45, 2.75) is 12.1 Å². The number of carbonyl (C=O) groups is 1. The average molecular weight is 409 g/mol. The zero-order valence-corrected chi connectivity index (χ0v) is 16.7. The summed E-state index contributed by atoms with van der Waals surface area (Å²) < 4.78 is 1.95. The van der Waals surface area contributed by atoms with Gasteiger partial charge >= 0.3 is 0 Å². The van der Waals surface area contributed by atoms with Gasteiger partial charge in [-0.05, 0) is 25.1 Å². The number of allylic oxidation sites excluding steroid dienone is 2. The molecule has 28 heavy (non-hydrogen) atoms. The van der Waals surface area contributed by atoms with Crippen molar-refractivity contribution in [2.75, 3.05) is 5.75 Å². The Morgan fingerprint density at radius 1 is 1.25 bits per heavy atom. The van der Waals surface area contributed by atoms with E-state index in [-0.39, 0.29) is 22.8 Å². The topological polar surface area (TPSA) is 84.7 Å². The van der Waals surface area contributed by atoms with Gasteiger partial charge in [-0.2, -0.15) is 5.26 Å². The summed E-state index contributed by atoms with van der Waals surface area (Å²) in [7, 11) is 0. The molecule has 0 atom stereocenters. The highest BCUT2D eigenvalue weighted by molar-refractivity contribution is 7.99. The summed E-state index contributed by atoms with van der Waals surface area (Å²) in [4.78, 5) is 16.8. The SMILES string of the molecule is C/C(N)=C(/C#N)C(=O)CSc1ncc(-c2ccccc2)n1-c1cccc(Cl)c1. The third-order valence-corrected chi connectivity index (χ3v) is 5.17. The van der Waals surface area contributed by atoms with Crippen LogP contribution in [0.4, 0.5) is 0 Å². The van der Waals surface area contributed by atoms with Crippen LogP contribution in [-0.4, -0.2) is 21.1 Å². The predicted molar refractivity (Wildman–Crippen MR) is 112 cm³/mol. The van der Waals surface area contributed by atoms with Crippen molar-refractivity contribution in [3.8, 4) is 23.0 Å². The van der Waals surface area contributed by atoms with E-state index in [9.17, 15) is 4.79 Å². The van der Waals surface area contributed by atoms with Crippen molar-refractivity contribution < 1.29 is 4.79 Å². The highest BCUT2D eigenvalue weighted by atomic mass is 35.5. The van der Waals surface area contributed by atoms with E-state index >= 15 is 0 Å². The molecule has 0 amide bonds. The summed E-state index contributed by atoms with van der Waals surface area (Å²) in [6, 6.07) is 19.1. The number of imidazole rings is 1. The number of hydrogen-bond acceptors (Lipinski definition) is 5. The molecule has 0 aliphatic carbocycles. The number of halogens is 1. The van der Waals surface area contributed by atoms with Crippen LogP contribution in [0.15, 0.2) is 77.2 Å². The molecule has 0 bridgehead atoms. The molecule has 3 rings (SSSR count). The lowest BCUT2D eigenvalue weighted by Gasteiger charge is -2.12. The Morgan fingerprint density at radius 3 is 2.64 bits per heavy atom. The van der Waals surface area contributed by atoms with E-state index in [1.54, 1.807) is 19.2 Å². The fourth-order valence-corrected chi connectivity index (χ4v) is 3.74. The summed E-state index contributed by atoms with van der Waals surface area (Å²) >= 11 is 7.44. The second-order valence-electron chi connectivity index (χ2n) is 5.99. The van der Waals surface area contributed by atoms with Crippen LogP contribution in [0.2, 0.25) is 5.02 Å². The normalized spacial score (nSPS) is 11.6. The molecule has 2 aromatic carbocycles. The van der Waals surface area contributed by atoms with Crippen molar-refractivity contribution in [1.29, 1.82) is 5.26 Å². The lowest BCUT2D eigenvalue weighted by Crippen LogP contribution is -2.11. The van der Waals surface area contributed by atoms with Crippen LogP contribution in [0.3, 0.4) is 0 Å². The van der Waals surface area contributed by atoms with E-state index in [0.717, 1.165) is 16.9 Å². The molecular formula is C21H17ClN4OS. The summed E-state index contributed by atoms with van der Waals surface area (Å²) in [5.74, 6) is -0.266. The number of aromatic nitrogens is 2. The van der Waals surface area contributed by atoms with Crippen molar-refractivity contribution in [1.82, 2.24) is 9.55 Å². The van der Waals surface area contributed by atoms with Crippen molar-refractivity contribution in [3.63, 3.8) is 0 Å². The molecule has 0 spiro atoms. The number of nitrogens with zero attached hydrogens (tertiary/aromatic N) is 3. The third-order valence-electron chi connectivity index (χ3n) is 3.98. The minimum absolute atomic E-state index is 0.0170. The number of hydrogen-bond donors (Lipinski definition) is 1. The maximum Gasteiger partial charge on any atom is 0.185 e. The molecule has 140 valence electrons. The summed E-state index contributed by atoms with van der Waals surface area (Å²) in [5, 5.41) is 10.4. The fourth-order valence-electron chi connectivity index (χ4n) is 2.69. The average Bonchev–Trinajstić information content (AvgIpc) is 3.11. The zero-order chi connectivity index (χ0) is 20.1. The van der Waals surface area contributed by atoms with E-state index in [1.807, 2.05) is 59.2 Å². The molecular weight excluding hydrogens is 392 g/mol. The number of benzene rings is 2. The monoisotopic (exact) mass is 408 g/mol. The molecule has 3 aromatic rings. The van der Waals surface area contributed by atoms with Gasteiger partial charge in [0.25, 0.3) is 0 Å². The Bertz CT molecular complexity index is 1080. The van der Waals surface area contributed by atoms with Crippen molar-refractivity contribution in [3.05, 3.63) is 77.1 Å². The standard InChI is InChI=1S/C21H17ClN4OS/c1-14(24)18(11-23)20(27)13-28-21-25-12-19(15-6-3-2-4-7-15)26(21)17-9-5-8-16(22)10-17/h2-10,12H,13,24H2,1H3/b18-14+. The van der Waals surface area contributed by atoms with Gasteiger partial charge in [0.2, 0.25) is 0 Å². The lowest BCUT2D eigenvalue weighted by atomic mass is 10.1. The van der Waals surface area contributed by atoms with Crippen LogP contribution >= 0.6 is 23.4 Å². The quantitative estimate of drug-likeness (QED) is 0.365. The molecule has 2 N–H and O–H groups in total. The molecule has 0 aliphatic rings. The van der Waals surface area contributed by atoms with E-state index in [1.165, 1.54) is 11.8 Å². The molecule has 0 saturated carbocycles. The molecule has 0 radical (unpaired) electrons. The summed E-state index contributed by atoms with van der Waals surface area (Å²) in [6.45, 7) is 1.54. The van der Waals surface area contributed by atoms with E-state index in [0.29, 0.717) is 10.2 Å². The van der Waals surface area contributed by atoms with Gasteiger partial charge in [-0.25, -0.2) is 4.98 Å². The van der Waals surface area contributed by atoms with Gasteiger partial charge in [-0.3, -0.25) is 9.36 Å². The highest BCUT2D eigenvalue weighted by Gasteiger charge is 2.18. The minimum Gasteiger partial charge on any atom is -0.401 e. The summed E-state index contributed by atoms with van der Waals surface area (Å²) in [6.07, 6.45) is 1.76. The fraction of sp³-hybridized carbons (Fsp3) is 0.0952. The second kappa shape index (κ2) is 8.79. The van der Waals surface area contributed by atoms with Gasteiger partial charge in [0, 0.05) is 22.0 Å². The van der Waals surface area contributed by atoms with Gasteiger partial charge in [-0.1, -0.05) is 59.8 Å². The molecule has 0 fully saturated rings. The van der Waals surface area contributed by atoms with Gasteiger partial charge in [0.15, 0.2) is 10.9 Å². The predicted octanol–water partition coefficient (Wildman–Crippen LogP) is 4.61. The molecule has 1 heterocycles. The second-order valence-corrected chi connectivity index (χ2v) is 7.37. The number of nitrogens with two attached hydrogens (primary N) is 1. The van der Waals surface area contributed by atoms with Crippen LogP contribution in [0, 0.1) is 11.3 Å². The Kier molecular flexibility index (Phi) is 6.19. The first-order valence-corrected chi connectivity index (χ1v) is 9.79. The van der Waals surface area contributed by atoms with Crippen LogP contribution in [0.5, 0.6) is 0 Å². The summed E-state index contributed by atoms with van der Waals surface area (Å²) in [5.41, 5.74) is 8.53. The number of nitriles is 1. The van der Waals surface area contributed by atoms with E-state index < -0.39 is 0 Å². The van der Waals surface area contributed by atoms with Crippen LogP contribution in [0.25, 0.3) is 16.9 Å². The Labute approximate surface area is 172 Å². The number of carbonyl (C=O) groups excluding carboxylic acids is 1. The smallest absolute Gasteiger partial charge is 0.185 e. The van der Waals surface area contributed by atoms with E-state index in [4.69, 9.17) is 22.6 Å². The van der Waals surface area contributed by atoms with Gasteiger partial charge in [-0.15, -0.1) is 0 Å². The third kappa shape index (κ3) is 4.28. The molecule has 5 nitrogen and oxygen atoms in total. The van der Waals surface area contributed by atoms with Crippen molar-refractivity contribution in [2.24, 2.45) is 5.73 Å². The lowest BCUT2D eigenvalue weighted by molar-refractivity contribution is -0.112. The Morgan fingerprint density at radius 2 is 2.00 bits per heavy atom. The largest absolute Gasteiger partial charge is 0.401 e. The maximum absolute atomic E-state index is 12.3. The number of Topliss-reactive ketones (excluding diaryl/α,β-unsaturated/α-hetero) is 1. The minimum atomic E-state index is -0.325. The first kappa shape index (κ1) is 19.7. The number of ketones is 1. The first-order chi connectivity index (χ1) is 13.5. The molecule has 1 aromatic heterocycles.